The van der Waals surface area contributed by atoms with Crippen LogP contribution in [0, 0.1) is 12.7 Å². The lowest BCUT2D eigenvalue weighted by atomic mass is 10.3. The fraction of sp³-hybridized carbons (Fsp3) is 0.211. The van der Waals surface area contributed by atoms with E-state index in [9.17, 15) is 14.0 Å². The molecule has 0 saturated carbocycles. The summed E-state index contributed by atoms with van der Waals surface area (Å²) < 4.78 is 19.5. The molecule has 1 aromatic carbocycles. The molecule has 5 nitrogen and oxygen atoms in total. The number of aromatic nitrogens is 2. The average Bonchev–Trinajstić information content (AvgIpc) is 2.63. The first-order valence-electron chi connectivity index (χ1n) is 8.05. The van der Waals surface area contributed by atoms with Gasteiger partial charge in [0, 0.05) is 22.9 Å². The molecule has 0 aliphatic carbocycles. The second-order valence-corrected chi connectivity index (χ2v) is 6.85. The molecular weight excluding hydrogens is 355 g/mol. The summed E-state index contributed by atoms with van der Waals surface area (Å²) in [6.07, 6.45) is 1.87. The maximum absolute atomic E-state index is 12.8. The van der Waals surface area contributed by atoms with Gasteiger partial charge >= 0.3 is 5.97 Å². The molecule has 3 rings (SSSR count). The highest BCUT2D eigenvalue weighted by Crippen LogP contribution is 2.19. The van der Waals surface area contributed by atoms with E-state index < -0.39 is 0 Å². The summed E-state index contributed by atoms with van der Waals surface area (Å²) in [5.41, 5.74) is 1.63. The summed E-state index contributed by atoms with van der Waals surface area (Å²) in [4.78, 5) is 29.2. The lowest BCUT2D eigenvalue weighted by Gasteiger charge is -2.07. The van der Waals surface area contributed by atoms with Crippen molar-refractivity contribution in [1.29, 1.82) is 0 Å². The Morgan fingerprint density at radius 2 is 2.04 bits per heavy atom. The minimum atomic E-state index is -0.369. The number of fused-ring (bicyclic) bond motifs is 1. The molecule has 26 heavy (non-hydrogen) atoms. The first-order valence-corrected chi connectivity index (χ1v) is 9.03. The molecule has 0 N–H and O–H groups in total. The molecule has 0 bridgehead atoms. The second kappa shape index (κ2) is 8.14. The van der Waals surface area contributed by atoms with Crippen molar-refractivity contribution in [2.24, 2.45) is 0 Å². The number of benzene rings is 1. The molecule has 2 heterocycles. The van der Waals surface area contributed by atoms with Crippen molar-refractivity contribution < 1.29 is 13.9 Å². The number of thioether (sulfide) groups is 1. The first kappa shape index (κ1) is 18.1. The standard InChI is InChI=1S/C19H17FN2O3S/c1-13-3-2-9-22-17(23)11-15(21-19(13)22)12-25-18(24)8-10-26-16-6-4-14(20)5-7-16/h2-7,9,11H,8,10,12H2,1H3. The summed E-state index contributed by atoms with van der Waals surface area (Å²) in [7, 11) is 0. The van der Waals surface area contributed by atoms with E-state index in [-0.39, 0.29) is 30.4 Å². The predicted molar refractivity (Wildman–Crippen MR) is 97.7 cm³/mol. The molecule has 0 unspecified atom stereocenters. The molecule has 3 aromatic rings. The molecule has 134 valence electrons. The lowest BCUT2D eigenvalue weighted by molar-refractivity contribution is -0.144. The number of carbonyl (C=O) groups is 1. The number of aryl methyl sites for hydroxylation is 1. The van der Waals surface area contributed by atoms with Gasteiger partial charge < -0.3 is 4.74 Å². The van der Waals surface area contributed by atoms with Gasteiger partial charge in [-0.25, -0.2) is 9.37 Å². The van der Waals surface area contributed by atoms with Crippen LogP contribution in [0.3, 0.4) is 0 Å². The quantitative estimate of drug-likeness (QED) is 0.490. The maximum Gasteiger partial charge on any atom is 0.307 e. The van der Waals surface area contributed by atoms with Gasteiger partial charge in [-0.1, -0.05) is 6.07 Å². The third kappa shape index (κ3) is 4.49. The Kier molecular flexibility index (Phi) is 5.68. The molecule has 0 amide bonds. The van der Waals surface area contributed by atoms with E-state index in [4.69, 9.17) is 4.74 Å². The number of halogens is 1. The summed E-state index contributed by atoms with van der Waals surface area (Å²) in [5.74, 6) is -0.133. The van der Waals surface area contributed by atoms with E-state index in [1.54, 1.807) is 24.4 Å². The van der Waals surface area contributed by atoms with E-state index in [0.717, 1.165) is 10.5 Å². The Labute approximate surface area is 153 Å². The van der Waals surface area contributed by atoms with E-state index in [1.165, 1.54) is 34.4 Å². The summed E-state index contributed by atoms with van der Waals surface area (Å²) >= 11 is 1.45. The predicted octanol–water partition coefficient (Wildman–Crippen LogP) is 3.37. The number of esters is 1. The van der Waals surface area contributed by atoms with Crippen LogP contribution >= 0.6 is 11.8 Å². The highest BCUT2D eigenvalue weighted by molar-refractivity contribution is 7.99. The van der Waals surface area contributed by atoms with E-state index in [2.05, 4.69) is 4.98 Å². The zero-order valence-corrected chi connectivity index (χ0v) is 15.0. The van der Waals surface area contributed by atoms with Crippen molar-refractivity contribution in [3.05, 3.63) is 76.1 Å². The van der Waals surface area contributed by atoms with Gasteiger partial charge in [0.25, 0.3) is 5.56 Å². The largest absolute Gasteiger partial charge is 0.459 e. The van der Waals surface area contributed by atoms with Gasteiger partial charge in [0.15, 0.2) is 0 Å². The lowest BCUT2D eigenvalue weighted by Crippen LogP contribution is -2.17. The molecule has 7 heteroatoms. The van der Waals surface area contributed by atoms with E-state index in [0.29, 0.717) is 17.1 Å². The molecule has 0 spiro atoms. The zero-order chi connectivity index (χ0) is 18.5. The van der Waals surface area contributed by atoms with Gasteiger partial charge in [0.2, 0.25) is 0 Å². The van der Waals surface area contributed by atoms with Gasteiger partial charge in [-0.2, -0.15) is 0 Å². The van der Waals surface area contributed by atoms with Crippen LogP contribution in [0.2, 0.25) is 0 Å². The topological polar surface area (TPSA) is 60.7 Å². The van der Waals surface area contributed by atoms with Crippen LogP contribution in [0.15, 0.2) is 58.4 Å². The van der Waals surface area contributed by atoms with Crippen molar-refractivity contribution in [1.82, 2.24) is 9.38 Å². The minimum Gasteiger partial charge on any atom is -0.459 e. The second-order valence-electron chi connectivity index (χ2n) is 5.68. The maximum atomic E-state index is 12.8. The summed E-state index contributed by atoms with van der Waals surface area (Å²) in [5, 5.41) is 0. The molecule has 0 saturated heterocycles. The van der Waals surface area contributed by atoms with Crippen LogP contribution < -0.4 is 5.56 Å². The number of rotatable bonds is 6. The number of nitrogens with zero attached hydrogens (tertiary/aromatic N) is 2. The molecule has 0 fully saturated rings. The molecule has 0 radical (unpaired) electrons. The van der Waals surface area contributed by atoms with Crippen LogP contribution in [-0.2, 0) is 16.1 Å². The molecule has 0 atom stereocenters. The fourth-order valence-corrected chi connectivity index (χ4v) is 3.23. The number of pyridine rings is 1. The van der Waals surface area contributed by atoms with Gasteiger partial charge in [-0.05, 0) is 42.8 Å². The summed E-state index contributed by atoms with van der Waals surface area (Å²) in [6.45, 7) is 1.82. The smallest absolute Gasteiger partial charge is 0.307 e. The van der Waals surface area contributed by atoms with Gasteiger partial charge in [0.05, 0.1) is 12.1 Å². The van der Waals surface area contributed by atoms with Gasteiger partial charge in [-0.3, -0.25) is 14.0 Å². The van der Waals surface area contributed by atoms with Crippen molar-refractivity contribution in [3.8, 4) is 0 Å². The highest BCUT2D eigenvalue weighted by atomic mass is 32.2. The monoisotopic (exact) mass is 372 g/mol. The Morgan fingerprint density at radius 3 is 2.81 bits per heavy atom. The number of hydrogen-bond acceptors (Lipinski definition) is 5. The average molecular weight is 372 g/mol. The number of hydrogen-bond donors (Lipinski definition) is 0. The molecule has 0 aliphatic rings. The fourth-order valence-electron chi connectivity index (χ4n) is 2.39. The van der Waals surface area contributed by atoms with Gasteiger partial charge in [-0.15, -0.1) is 11.8 Å². The molecule has 0 aliphatic heterocycles. The number of ether oxygens (including phenoxy) is 1. The Morgan fingerprint density at radius 1 is 1.27 bits per heavy atom. The van der Waals surface area contributed by atoms with Crippen LogP contribution in [0.1, 0.15) is 17.7 Å². The van der Waals surface area contributed by atoms with Crippen LogP contribution in [0.4, 0.5) is 4.39 Å². The Hall–Kier alpha value is -2.67. The van der Waals surface area contributed by atoms with Crippen LogP contribution in [-0.4, -0.2) is 21.1 Å². The number of carbonyl (C=O) groups excluding carboxylic acids is 1. The highest BCUT2D eigenvalue weighted by Gasteiger charge is 2.08. The van der Waals surface area contributed by atoms with Crippen molar-refractivity contribution >= 4 is 23.4 Å². The summed E-state index contributed by atoms with van der Waals surface area (Å²) in [6, 6.07) is 11.1. The van der Waals surface area contributed by atoms with Crippen molar-refractivity contribution in [3.63, 3.8) is 0 Å². The Bertz CT molecular complexity index is 986. The zero-order valence-electron chi connectivity index (χ0n) is 14.1. The molecule has 2 aromatic heterocycles. The Balaban J connectivity index is 1.54. The third-order valence-corrected chi connectivity index (χ3v) is 4.72. The van der Waals surface area contributed by atoms with Crippen LogP contribution in [0.25, 0.3) is 5.65 Å². The van der Waals surface area contributed by atoms with E-state index in [1.807, 2.05) is 13.0 Å². The van der Waals surface area contributed by atoms with Crippen molar-refractivity contribution in [2.75, 3.05) is 5.75 Å². The SMILES string of the molecule is Cc1cccn2c(=O)cc(COC(=O)CCSc3ccc(F)cc3)nc12. The van der Waals surface area contributed by atoms with Crippen molar-refractivity contribution in [2.45, 2.75) is 24.8 Å². The van der Waals surface area contributed by atoms with E-state index >= 15 is 0 Å². The normalized spacial score (nSPS) is 10.8. The first-order chi connectivity index (χ1) is 12.5. The minimum absolute atomic E-state index is 0.0415. The third-order valence-electron chi connectivity index (χ3n) is 3.71. The van der Waals surface area contributed by atoms with Gasteiger partial charge in [0.1, 0.15) is 18.1 Å². The molecular formula is C19H17FN2O3S. The van der Waals surface area contributed by atoms with Crippen LogP contribution in [0.5, 0.6) is 0 Å².